The largest absolute Gasteiger partial charge is 0.378 e. The third-order valence-electron chi connectivity index (χ3n) is 6.20. The first-order chi connectivity index (χ1) is 16.6. The Hall–Kier alpha value is -3.65. The van der Waals surface area contributed by atoms with Crippen molar-refractivity contribution in [3.8, 4) is 0 Å². The summed E-state index contributed by atoms with van der Waals surface area (Å²) in [5, 5.41) is 5.70. The van der Waals surface area contributed by atoms with Crippen LogP contribution >= 0.6 is 11.3 Å². The lowest BCUT2D eigenvalue weighted by atomic mass is 10.1. The molecule has 5 rings (SSSR count). The fourth-order valence-electron chi connectivity index (χ4n) is 4.43. The topological polar surface area (TPSA) is 66.3 Å². The number of amides is 1. The van der Waals surface area contributed by atoms with Crippen LogP contribution in [0.4, 0.5) is 16.5 Å². The fraction of sp³-hybridized carbons (Fsp3) is 0.269. The van der Waals surface area contributed by atoms with Crippen LogP contribution in [0, 0.1) is 0 Å². The number of rotatable bonds is 7. The lowest BCUT2D eigenvalue weighted by molar-refractivity contribution is 0.101. The normalized spacial score (nSPS) is 15.5. The number of pyridine rings is 1. The molecule has 3 aromatic heterocycles. The number of benzene rings is 1. The van der Waals surface area contributed by atoms with E-state index < -0.39 is 0 Å². The van der Waals surface area contributed by atoms with Gasteiger partial charge in [-0.15, -0.1) is 11.3 Å². The van der Waals surface area contributed by atoms with Crippen molar-refractivity contribution in [1.29, 1.82) is 0 Å². The van der Waals surface area contributed by atoms with E-state index in [2.05, 4.69) is 63.8 Å². The van der Waals surface area contributed by atoms with Crippen molar-refractivity contribution in [2.24, 2.45) is 0 Å². The van der Waals surface area contributed by atoms with E-state index in [1.807, 2.05) is 35.0 Å². The average molecular weight is 473 g/mol. The van der Waals surface area contributed by atoms with Gasteiger partial charge in [0.25, 0.3) is 5.91 Å². The van der Waals surface area contributed by atoms with Gasteiger partial charge in [0.15, 0.2) is 5.13 Å². The van der Waals surface area contributed by atoms with Crippen LogP contribution in [0.2, 0.25) is 0 Å². The van der Waals surface area contributed by atoms with E-state index in [4.69, 9.17) is 4.98 Å². The van der Waals surface area contributed by atoms with Crippen molar-refractivity contribution >= 4 is 33.8 Å². The summed E-state index contributed by atoms with van der Waals surface area (Å²) in [4.78, 5) is 26.4. The van der Waals surface area contributed by atoms with Gasteiger partial charge in [0, 0.05) is 62.5 Å². The quantitative estimate of drug-likeness (QED) is 0.408. The predicted octanol–water partition coefficient (Wildman–Crippen LogP) is 5.05. The van der Waals surface area contributed by atoms with Gasteiger partial charge in [-0.3, -0.25) is 15.1 Å². The molecule has 34 heavy (non-hydrogen) atoms. The van der Waals surface area contributed by atoms with Crippen molar-refractivity contribution in [3.05, 3.63) is 89.5 Å². The highest BCUT2D eigenvalue weighted by atomic mass is 32.1. The number of thiazole rings is 1. The SMILES string of the molecule is CN(C)c1ccc(N2CCCC2c2csc(NC(=O)c3cccn3Cc3ccncc3)n2)cc1. The minimum absolute atomic E-state index is 0.150. The van der Waals surface area contributed by atoms with Crippen LogP contribution in [0.15, 0.2) is 72.5 Å². The molecule has 1 aromatic carbocycles. The maximum atomic E-state index is 13.0. The summed E-state index contributed by atoms with van der Waals surface area (Å²) in [5.41, 5.74) is 5.11. The van der Waals surface area contributed by atoms with Gasteiger partial charge in [0.05, 0.1) is 11.7 Å². The van der Waals surface area contributed by atoms with E-state index in [-0.39, 0.29) is 11.9 Å². The second kappa shape index (κ2) is 9.69. The maximum absolute atomic E-state index is 13.0. The van der Waals surface area contributed by atoms with Crippen molar-refractivity contribution < 1.29 is 4.79 Å². The third kappa shape index (κ3) is 4.68. The summed E-state index contributed by atoms with van der Waals surface area (Å²) >= 11 is 1.48. The fourth-order valence-corrected chi connectivity index (χ4v) is 5.18. The first-order valence-corrected chi connectivity index (χ1v) is 12.3. The molecule has 1 aliphatic rings. The number of aromatic nitrogens is 3. The molecule has 1 amide bonds. The Labute approximate surface area is 203 Å². The third-order valence-corrected chi connectivity index (χ3v) is 6.97. The number of hydrogen-bond donors (Lipinski definition) is 1. The second-order valence-corrected chi connectivity index (χ2v) is 9.53. The van der Waals surface area contributed by atoms with E-state index in [0.717, 1.165) is 30.6 Å². The Bertz CT molecular complexity index is 1250. The highest BCUT2D eigenvalue weighted by Crippen LogP contribution is 2.37. The molecular formula is C26H28N6OS. The first kappa shape index (κ1) is 22.2. The van der Waals surface area contributed by atoms with Gasteiger partial charge in [-0.25, -0.2) is 4.98 Å². The zero-order chi connectivity index (χ0) is 23.5. The van der Waals surface area contributed by atoms with Crippen LogP contribution in [0.3, 0.4) is 0 Å². The van der Waals surface area contributed by atoms with E-state index in [0.29, 0.717) is 17.4 Å². The summed E-state index contributed by atoms with van der Waals surface area (Å²) in [6.45, 7) is 1.62. The summed E-state index contributed by atoms with van der Waals surface area (Å²) in [7, 11) is 4.10. The molecule has 7 nitrogen and oxygen atoms in total. The molecule has 8 heteroatoms. The average Bonchev–Trinajstić information content (AvgIpc) is 3.60. The summed E-state index contributed by atoms with van der Waals surface area (Å²) in [6, 6.07) is 16.5. The van der Waals surface area contributed by atoms with Crippen molar-refractivity contribution in [2.45, 2.75) is 25.4 Å². The Morgan fingerprint density at radius 1 is 1.15 bits per heavy atom. The molecule has 4 aromatic rings. The van der Waals surface area contributed by atoms with Crippen molar-refractivity contribution in [1.82, 2.24) is 14.5 Å². The van der Waals surface area contributed by atoms with Crippen molar-refractivity contribution in [2.75, 3.05) is 35.8 Å². The van der Waals surface area contributed by atoms with Gasteiger partial charge in [-0.2, -0.15) is 0 Å². The smallest absolute Gasteiger partial charge is 0.274 e. The van der Waals surface area contributed by atoms with Crippen LogP contribution in [-0.2, 0) is 6.54 Å². The molecule has 0 aliphatic carbocycles. The monoisotopic (exact) mass is 472 g/mol. The molecule has 1 atom stereocenters. The van der Waals surface area contributed by atoms with Crippen LogP contribution < -0.4 is 15.1 Å². The Morgan fingerprint density at radius 3 is 2.71 bits per heavy atom. The lowest BCUT2D eigenvalue weighted by Crippen LogP contribution is -2.23. The number of hydrogen-bond acceptors (Lipinski definition) is 6. The maximum Gasteiger partial charge on any atom is 0.274 e. The molecule has 0 saturated carbocycles. The summed E-state index contributed by atoms with van der Waals surface area (Å²) < 4.78 is 1.94. The lowest BCUT2D eigenvalue weighted by Gasteiger charge is -2.26. The summed E-state index contributed by atoms with van der Waals surface area (Å²) in [5.74, 6) is -0.150. The molecule has 174 valence electrons. The van der Waals surface area contributed by atoms with Crippen LogP contribution in [0.5, 0.6) is 0 Å². The van der Waals surface area contributed by atoms with E-state index >= 15 is 0 Å². The van der Waals surface area contributed by atoms with Gasteiger partial charge in [0.2, 0.25) is 0 Å². The molecule has 0 bridgehead atoms. The number of nitrogens with one attached hydrogen (secondary N) is 1. The Balaban J connectivity index is 1.28. The van der Waals surface area contributed by atoms with Crippen molar-refractivity contribution in [3.63, 3.8) is 0 Å². The predicted molar refractivity (Wildman–Crippen MR) is 138 cm³/mol. The van der Waals surface area contributed by atoms with Crippen LogP contribution in [0.25, 0.3) is 0 Å². The van der Waals surface area contributed by atoms with Gasteiger partial charge < -0.3 is 14.4 Å². The molecule has 1 saturated heterocycles. The molecule has 0 radical (unpaired) electrons. The van der Waals surface area contributed by atoms with Gasteiger partial charge in [-0.1, -0.05) is 0 Å². The Kier molecular flexibility index (Phi) is 6.31. The highest BCUT2D eigenvalue weighted by molar-refractivity contribution is 7.14. The number of carbonyl (C=O) groups is 1. The minimum Gasteiger partial charge on any atom is -0.378 e. The Morgan fingerprint density at radius 2 is 1.94 bits per heavy atom. The van der Waals surface area contributed by atoms with E-state index in [1.165, 1.54) is 22.7 Å². The minimum atomic E-state index is -0.150. The molecule has 1 fully saturated rings. The van der Waals surface area contributed by atoms with Gasteiger partial charge >= 0.3 is 0 Å². The highest BCUT2D eigenvalue weighted by Gasteiger charge is 2.28. The molecule has 1 unspecified atom stereocenters. The second-order valence-electron chi connectivity index (χ2n) is 8.67. The van der Waals surface area contributed by atoms with E-state index in [9.17, 15) is 4.79 Å². The van der Waals surface area contributed by atoms with Gasteiger partial charge in [-0.05, 0) is 66.9 Å². The number of anilines is 3. The molecule has 0 spiro atoms. The number of nitrogens with zero attached hydrogens (tertiary/aromatic N) is 5. The zero-order valence-electron chi connectivity index (χ0n) is 19.4. The molecule has 1 aliphatic heterocycles. The molecule has 1 N–H and O–H groups in total. The van der Waals surface area contributed by atoms with Crippen LogP contribution in [-0.4, -0.2) is 41.1 Å². The number of carbonyl (C=O) groups excluding carboxylic acids is 1. The van der Waals surface area contributed by atoms with E-state index in [1.54, 1.807) is 12.4 Å². The molecular weight excluding hydrogens is 444 g/mol. The standard InChI is InChI=1S/C26H28N6OS/c1-30(2)20-7-9-21(10-8-20)32-16-4-5-23(32)22-18-34-26(28-22)29-25(33)24-6-3-15-31(24)17-19-11-13-27-14-12-19/h3,6-15,18,23H,4-5,16-17H2,1-2H3,(H,28,29,33). The summed E-state index contributed by atoms with van der Waals surface area (Å²) in [6.07, 6.45) is 7.63. The first-order valence-electron chi connectivity index (χ1n) is 11.4. The molecule has 4 heterocycles. The van der Waals surface area contributed by atoms with Gasteiger partial charge in [0.1, 0.15) is 5.69 Å². The van der Waals surface area contributed by atoms with Crippen LogP contribution in [0.1, 0.15) is 40.6 Å². The zero-order valence-corrected chi connectivity index (χ0v) is 20.2.